The van der Waals surface area contributed by atoms with Crippen LogP contribution < -0.4 is 9.64 Å². The van der Waals surface area contributed by atoms with Gasteiger partial charge in [-0.3, -0.25) is 4.79 Å². The Balaban J connectivity index is 1.37. The highest BCUT2D eigenvalue weighted by atomic mass is 16.5. The Kier molecular flexibility index (Phi) is 4.87. The molecule has 0 spiro atoms. The maximum atomic E-state index is 12.4. The summed E-state index contributed by atoms with van der Waals surface area (Å²) < 4.78 is 5.57. The first-order valence-corrected chi connectivity index (χ1v) is 9.15. The minimum absolute atomic E-state index is 0.0137. The highest BCUT2D eigenvalue weighted by Crippen LogP contribution is 2.21. The Hall–Kier alpha value is -3.15. The van der Waals surface area contributed by atoms with Crippen molar-refractivity contribution in [3.63, 3.8) is 0 Å². The van der Waals surface area contributed by atoms with Gasteiger partial charge < -0.3 is 14.5 Å². The van der Waals surface area contributed by atoms with Crippen LogP contribution in [-0.4, -0.2) is 53.6 Å². The third-order valence-electron chi connectivity index (χ3n) is 4.76. The SMILES string of the molecule is Cc1nc2ccccc2nc1N1CCN(C(=O)COc2ccccc2)CC1. The number of fused-ring (bicyclic) bond motifs is 1. The van der Waals surface area contributed by atoms with Gasteiger partial charge in [-0.2, -0.15) is 0 Å². The molecule has 0 saturated carbocycles. The first-order chi connectivity index (χ1) is 13.2. The van der Waals surface area contributed by atoms with E-state index in [-0.39, 0.29) is 12.5 Å². The zero-order valence-corrected chi connectivity index (χ0v) is 15.3. The fraction of sp³-hybridized carbons (Fsp3) is 0.286. The number of aryl methyl sites for hydroxylation is 1. The molecule has 3 aromatic rings. The van der Waals surface area contributed by atoms with Gasteiger partial charge in [-0.1, -0.05) is 30.3 Å². The normalized spacial score (nSPS) is 14.4. The Bertz CT molecular complexity index is 937. The minimum atomic E-state index is 0.0137. The summed E-state index contributed by atoms with van der Waals surface area (Å²) in [6, 6.07) is 17.3. The Morgan fingerprint density at radius 2 is 1.56 bits per heavy atom. The molecule has 4 rings (SSSR count). The number of hydrogen-bond acceptors (Lipinski definition) is 5. The molecule has 0 unspecified atom stereocenters. The lowest BCUT2D eigenvalue weighted by Crippen LogP contribution is -2.50. The van der Waals surface area contributed by atoms with Gasteiger partial charge in [0.2, 0.25) is 0 Å². The van der Waals surface area contributed by atoms with E-state index in [1.54, 1.807) is 0 Å². The lowest BCUT2D eigenvalue weighted by atomic mass is 10.2. The molecule has 1 aromatic heterocycles. The monoisotopic (exact) mass is 362 g/mol. The summed E-state index contributed by atoms with van der Waals surface area (Å²) in [7, 11) is 0. The summed E-state index contributed by atoms with van der Waals surface area (Å²) in [6.07, 6.45) is 0. The van der Waals surface area contributed by atoms with Crippen LogP contribution in [0.2, 0.25) is 0 Å². The molecule has 0 N–H and O–H groups in total. The van der Waals surface area contributed by atoms with Crippen LogP contribution >= 0.6 is 0 Å². The van der Waals surface area contributed by atoms with Gasteiger partial charge in [0.15, 0.2) is 12.4 Å². The molecule has 2 aromatic carbocycles. The number of aromatic nitrogens is 2. The number of piperazine rings is 1. The van der Waals surface area contributed by atoms with Crippen molar-refractivity contribution >= 4 is 22.8 Å². The third kappa shape index (κ3) is 3.84. The zero-order valence-electron chi connectivity index (χ0n) is 15.3. The number of rotatable bonds is 4. The van der Waals surface area contributed by atoms with Gasteiger partial charge in [0.25, 0.3) is 5.91 Å². The van der Waals surface area contributed by atoms with E-state index < -0.39 is 0 Å². The van der Waals surface area contributed by atoms with Gasteiger partial charge in [0.05, 0.1) is 16.7 Å². The number of carbonyl (C=O) groups excluding carboxylic acids is 1. The summed E-state index contributed by atoms with van der Waals surface area (Å²) >= 11 is 0. The van der Waals surface area contributed by atoms with E-state index in [4.69, 9.17) is 9.72 Å². The number of para-hydroxylation sites is 3. The van der Waals surface area contributed by atoms with Crippen molar-refractivity contribution in [1.29, 1.82) is 0 Å². The van der Waals surface area contributed by atoms with Crippen LogP contribution in [0, 0.1) is 6.92 Å². The number of ether oxygens (including phenoxy) is 1. The van der Waals surface area contributed by atoms with Crippen LogP contribution in [0.25, 0.3) is 11.0 Å². The molecular weight excluding hydrogens is 340 g/mol. The van der Waals surface area contributed by atoms with Crippen LogP contribution in [0.4, 0.5) is 5.82 Å². The van der Waals surface area contributed by atoms with Crippen molar-refractivity contribution in [3.05, 3.63) is 60.3 Å². The van der Waals surface area contributed by atoms with Crippen molar-refractivity contribution < 1.29 is 9.53 Å². The van der Waals surface area contributed by atoms with Crippen molar-refractivity contribution in [2.75, 3.05) is 37.7 Å². The summed E-state index contributed by atoms with van der Waals surface area (Å²) in [6.45, 7) is 4.85. The number of benzene rings is 2. The molecule has 1 fully saturated rings. The average Bonchev–Trinajstić information content (AvgIpc) is 2.72. The second kappa shape index (κ2) is 7.61. The molecule has 0 bridgehead atoms. The summed E-state index contributed by atoms with van der Waals surface area (Å²) in [4.78, 5) is 25.9. The standard InChI is InChI=1S/C21H22N4O2/c1-16-21(23-19-10-6-5-9-18(19)22-16)25-13-11-24(12-14-25)20(26)15-27-17-7-3-2-4-8-17/h2-10H,11-15H2,1H3. The molecule has 6 heteroatoms. The number of anilines is 1. The van der Waals surface area contributed by atoms with Gasteiger partial charge in [-0.05, 0) is 31.2 Å². The smallest absolute Gasteiger partial charge is 0.260 e. The Morgan fingerprint density at radius 3 is 2.26 bits per heavy atom. The van der Waals surface area contributed by atoms with Crippen molar-refractivity contribution in [2.24, 2.45) is 0 Å². The van der Waals surface area contributed by atoms with Crippen LogP contribution in [0.3, 0.4) is 0 Å². The van der Waals surface area contributed by atoms with Crippen LogP contribution in [-0.2, 0) is 4.79 Å². The highest BCUT2D eigenvalue weighted by molar-refractivity contribution is 5.78. The summed E-state index contributed by atoms with van der Waals surface area (Å²) in [5, 5.41) is 0. The zero-order chi connectivity index (χ0) is 18.6. The minimum Gasteiger partial charge on any atom is -0.484 e. The molecule has 6 nitrogen and oxygen atoms in total. The highest BCUT2D eigenvalue weighted by Gasteiger charge is 2.23. The van der Waals surface area contributed by atoms with Gasteiger partial charge >= 0.3 is 0 Å². The predicted molar refractivity (Wildman–Crippen MR) is 105 cm³/mol. The quantitative estimate of drug-likeness (QED) is 0.714. The van der Waals surface area contributed by atoms with Crippen LogP contribution in [0.1, 0.15) is 5.69 Å². The van der Waals surface area contributed by atoms with E-state index >= 15 is 0 Å². The first-order valence-electron chi connectivity index (χ1n) is 9.15. The topological polar surface area (TPSA) is 58.6 Å². The van der Waals surface area contributed by atoms with Crippen LogP contribution in [0.5, 0.6) is 5.75 Å². The molecule has 1 amide bonds. The maximum Gasteiger partial charge on any atom is 0.260 e. The lowest BCUT2D eigenvalue weighted by Gasteiger charge is -2.35. The first kappa shape index (κ1) is 17.3. The summed E-state index contributed by atoms with van der Waals surface area (Å²) in [5.74, 6) is 1.63. The number of carbonyl (C=O) groups is 1. The number of amides is 1. The molecular formula is C21H22N4O2. The number of hydrogen-bond donors (Lipinski definition) is 0. The molecule has 1 saturated heterocycles. The maximum absolute atomic E-state index is 12.4. The largest absolute Gasteiger partial charge is 0.484 e. The van der Waals surface area contributed by atoms with Crippen LogP contribution in [0.15, 0.2) is 54.6 Å². The van der Waals surface area contributed by atoms with E-state index in [1.807, 2.05) is 66.4 Å². The fourth-order valence-electron chi connectivity index (χ4n) is 3.30. The van der Waals surface area contributed by atoms with E-state index in [9.17, 15) is 4.79 Å². The average molecular weight is 362 g/mol. The van der Waals surface area contributed by atoms with E-state index in [0.717, 1.165) is 35.6 Å². The van der Waals surface area contributed by atoms with E-state index in [0.29, 0.717) is 18.8 Å². The van der Waals surface area contributed by atoms with E-state index in [2.05, 4.69) is 9.88 Å². The predicted octanol–water partition coefficient (Wildman–Crippen LogP) is 2.67. The molecule has 2 heterocycles. The number of nitrogens with zero attached hydrogens (tertiary/aromatic N) is 4. The molecule has 0 atom stereocenters. The van der Waals surface area contributed by atoms with E-state index in [1.165, 1.54) is 0 Å². The van der Waals surface area contributed by atoms with Gasteiger partial charge in [-0.25, -0.2) is 9.97 Å². The lowest BCUT2D eigenvalue weighted by molar-refractivity contribution is -0.133. The third-order valence-corrected chi connectivity index (χ3v) is 4.76. The van der Waals surface area contributed by atoms with Gasteiger partial charge in [0.1, 0.15) is 5.75 Å². The molecule has 0 aliphatic carbocycles. The summed E-state index contributed by atoms with van der Waals surface area (Å²) in [5.41, 5.74) is 2.72. The van der Waals surface area contributed by atoms with Crippen molar-refractivity contribution in [3.8, 4) is 5.75 Å². The van der Waals surface area contributed by atoms with Crippen molar-refractivity contribution in [2.45, 2.75) is 6.92 Å². The van der Waals surface area contributed by atoms with Gasteiger partial charge in [-0.15, -0.1) is 0 Å². The molecule has 0 radical (unpaired) electrons. The second-order valence-electron chi connectivity index (χ2n) is 6.59. The second-order valence-corrected chi connectivity index (χ2v) is 6.59. The molecule has 27 heavy (non-hydrogen) atoms. The Labute approximate surface area is 158 Å². The molecule has 1 aliphatic heterocycles. The Morgan fingerprint density at radius 1 is 0.926 bits per heavy atom. The fourth-order valence-corrected chi connectivity index (χ4v) is 3.30. The van der Waals surface area contributed by atoms with Gasteiger partial charge in [0, 0.05) is 26.2 Å². The molecule has 138 valence electrons. The molecule has 1 aliphatic rings. The van der Waals surface area contributed by atoms with Crippen molar-refractivity contribution in [1.82, 2.24) is 14.9 Å².